The van der Waals surface area contributed by atoms with Gasteiger partial charge in [0.2, 0.25) is 5.88 Å². The molecule has 1 aliphatic heterocycles. The number of hydrogen-bond acceptors (Lipinski definition) is 6. The Morgan fingerprint density at radius 1 is 1.17 bits per heavy atom. The number of H-pyrrole nitrogens is 1. The van der Waals surface area contributed by atoms with Crippen LogP contribution in [0.1, 0.15) is 5.69 Å². The van der Waals surface area contributed by atoms with Crippen molar-refractivity contribution in [1.29, 1.82) is 0 Å². The zero-order valence-corrected chi connectivity index (χ0v) is 13.2. The first-order chi connectivity index (χ1) is 11.8. The van der Waals surface area contributed by atoms with Crippen LogP contribution in [0.2, 0.25) is 0 Å². The summed E-state index contributed by atoms with van der Waals surface area (Å²) in [6, 6.07) is 9.30. The molecule has 7 nitrogen and oxygen atoms in total. The number of hydrogen-bond donors (Lipinski definition) is 2. The number of anilines is 1. The van der Waals surface area contributed by atoms with Crippen molar-refractivity contribution in [3.63, 3.8) is 0 Å². The number of aromatic nitrogens is 3. The maximum atomic E-state index is 5.89. The van der Waals surface area contributed by atoms with Gasteiger partial charge in [0.25, 0.3) is 0 Å². The van der Waals surface area contributed by atoms with E-state index in [1.807, 2.05) is 12.1 Å². The van der Waals surface area contributed by atoms with Crippen LogP contribution in [0.15, 0.2) is 36.7 Å². The quantitative estimate of drug-likeness (QED) is 0.715. The second-order valence-corrected chi connectivity index (χ2v) is 5.80. The minimum atomic E-state index is 0.536. The van der Waals surface area contributed by atoms with Gasteiger partial charge in [-0.15, -0.1) is 0 Å². The fourth-order valence-electron chi connectivity index (χ4n) is 2.79. The minimum Gasteiger partial charge on any atom is -0.438 e. The number of morpholine rings is 1. The molecule has 3 aromatic rings. The Morgan fingerprint density at radius 2 is 1.96 bits per heavy atom. The monoisotopic (exact) mass is 325 g/mol. The van der Waals surface area contributed by atoms with Gasteiger partial charge in [0.1, 0.15) is 17.7 Å². The van der Waals surface area contributed by atoms with Gasteiger partial charge in [0.05, 0.1) is 18.6 Å². The van der Waals surface area contributed by atoms with E-state index in [1.165, 1.54) is 6.33 Å². The predicted octanol–water partition coefficient (Wildman–Crippen LogP) is 2.16. The topological polar surface area (TPSA) is 89.3 Å². The Balaban J connectivity index is 1.58. The van der Waals surface area contributed by atoms with Crippen LogP contribution < -0.4 is 10.5 Å². The van der Waals surface area contributed by atoms with Crippen LogP contribution in [-0.4, -0.2) is 46.2 Å². The minimum absolute atomic E-state index is 0.536. The zero-order chi connectivity index (χ0) is 16.4. The van der Waals surface area contributed by atoms with Crippen LogP contribution in [-0.2, 0) is 11.3 Å². The fraction of sp³-hybridized carbons (Fsp3) is 0.294. The molecule has 1 fully saturated rings. The van der Waals surface area contributed by atoms with Crippen LogP contribution in [0.5, 0.6) is 11.6 Å². The van der Waals surface area contributed by atoms with Gasteiger partial charge in [-0.1, -0.05) is 0 Å². The van der Waals surface area contributed by atoms with E-state index in [0.29, 0.717) is 17.3 Å². The molecule has 124 valence electrons. The van der Waals surface area contributed by atoms with Gasteiger partial charge in [0.15, 0.2) is 0 Å². The molecule has 0 atom stereocenters. The number of nitrogens with two attached hydrogens (primary N) is 1. The van der Waals surface area contributed by atoms with Crippen LogP contribution in [0.4, 0.5) is 5.69 Å². The lowest BCUT2D eigenvalue weighted by atomic mass is 10.3. The van der Waals surface area contributed by atoms with Crippen LogP contribution in [0, 0.1) is 0 Å². The number of fused-ring (bicyclic) bond motifs is 1. The predicted molar refractivity (Wildman–Crippen MR) is 90.9 cm³/mol. The Hall–Kier alpha value is -2.64. The highest BCUT2D eigenvalue weighted by Gasteiger charge is 2.14. The summed E-state index contributed by atoms with van der Waals surface area (Å²) in [5.41, 5.74) is 8.27. The van der Waals surface area contributed by atoms with Crippen molar-refractivity contribution in [2.24, 2.45) is 0 Å². The van der Waals surface area contributed by atoms with Crippen LogP contribution in [0.3, 0.4) is 0 Å². The average Bonchev–Trinajstić information content (AvgIpc) is 3.01. The van der Waals surface area contributed by atoms with Crippen molar-refractivity contribution in [3.05, 3.63) is 42.4 Å². The molecule has 3 heterocycles. The molecule has 3 N–H and O–H groups in total. The first kappa shape index (κ1) is 14.9. The average molecular weight is 325 g/mol. The molecule has 2 aromatic heterocycles. The highest BCUT2D eigenvalue weighted by molar-refractivity contribution is 5.81. The van der Waals surface area contributed by atoms with Gasteiger partial charge in [0, 0.05) is 31.0 Å². The molecule has 0 spiro atoms. The summed E-state index contributed by atoms with van der Waals surface area (Å²) in [7, 11) is 0. The van der Waals surface area contributed by atoms with E-state index in [1.54, 1.807) is 12.1 Å². The number of ether oxygens (including phenoxy) is 2. The smallest absolute Gasteiger partial charge is 0.231 e. The van der Waals surface area contributed by atoms with Crippen molar-refractivity contribution in [2.75, 3.05) is 32.0 Å². The van der Waals surface area contributed by atoms with E-state index in [-0.39, 0.29) is 0 Å². The highest BCUT2D eigenvalue weighted by Crippen LogP contribution is 2.28. The Kier molecular flexibility index (Phi) is 4.02. The SMILES string of the molecule is Nc1ccc(Oc2ncnc3[nH]c(CN4CCOCC4)cc23)cc1. The lowest BCUT2D eigenvalue weighted by Crippen LogP contribution is -2.35. The molecule has 24 heavy (non-hydrogen) atoms. The maximum Gasteiger partial charge on any atom is 0.231 e. The van der Waals surface area contributed by atoms with E-state index in [4.69, 9.17) is 15.2 Å². The normalized spacial score (nSPS) is 15.7. The summed E-state index contributed by atoms with van der Waals surface area (Å²) < 4.78 is 11.3. The molecule has 0 amide bonds. The molecule has 0 unspecified atom stereocenters. The second-order valence-electron chi connectivity index (χ2n) is 5.80. The maximum absolute atomic E-state index is 5.89. The van der Waals surface area contributed by atoms with Crippen molar-refractivity contribution in [3.8, 4) is 11.6 Å². The molecule has 7 heteroatoms. The van der Waals surface area contributed by atoms with Gasteiger partial charge < -0.3 is 20.2 Å². The number of rotatable bonds is 4. The second kappa shape index (κ2) is 6.46. The number of benzene rings is 1. The third-order valence-corrected chi connectivity index (χ3v) is 4.04. The van der Waals surface area contributed by atoms with Gasteiger partial charge in [-0.2, -0.15) is 0 Å². The van der Waals surface area contributed by atoms with E-state index >= 15 is 0 Å². The number of nitrogens with one attached hydrogen (secondary N) is 1. The van der Waals surface area contributed by atoms with Gasteiger partial charge in [-0.05, 0) is 30.3 Å². The molecule has 1 aliphatic rings. The number of aromatic amines is 1. The Labute approximate surface area is 139 Å². The van der Waals surface area contributed by atoms with Gasteiger partial charge in [-0.3, -0.25) is 4.90 Å². The van der Waals surface area contributed by atoms with Gasteiger partial charge >= 0.3 is 0 Å². The Morgan fingerprint density at radius 3 is 2.75 bits per heavy atom. The standard InChI is InChI=1S/C17H19N5O2/c18-12-1-3-14(4-2-12)24-17-15-9-13(21-16(15)19-11-20-17)10-22-5-7-23-8-6-22/h1-4,9,11H,5-8,10,18H2,(H,19,20,21). The van der Waals surface area contributed by atoms with E-state index < -0.39 is 0 Å². The van der Waals surface area contributed by atoms with Crippen molar-refractivity contribution in [2.45, 2.75) is 6.54 Å². The van der Waals surface area contributed by atoms with Crippen molar-refractivity contribution < 1.29 is 9.47 Å². The third-order valence-electron chi connectivity index (χ3n) is 4.04. The highest BCUT2D eigenvalue weighted by atomic mass is 16.5. The summed E-state index contributed by atoms with van der Waals surface area (Å²) in [5.74, 6) is 1.23. The lowest BCUT2D eigenvalue weighted by molar-refractivity contribution is 0.0337. The molecule has 0 bridgehead atoms. The molecule has 0 radical (unpaired) electrons. The first-order valence-corrected chi connectivity index (χ1v) is 7.94. The lowest BCUT2D eigenvalue weighted by Gasteiger charge is -2.25. The summed E-state index contributed by atoms with van der Waals surface area (Å²) in [4.78, 5) is 14.3. The van der Waals surface area contributed by atoms with E-state index in [0.717, 1.165) is 49.6 Å². The molecule has 0 saturated carbocycles. The summed E-state index contributed by atoms with van der Waals surface area (Å²) in [6.45, 7) is 4.28. The fourth-order valence-corrected chi connectivity index (χ4v) is 2.79. The molecular formula is C17H19N5O2. The molecule has 0 aliphatic carbocycles. The van der Waals surface area contributed by atoms with Crippen molar-refractivity contribution >= 4 is 16.7 Å². The Bertz CT molecular complexity index is 825. The van der Waals surface area contributed by atoms with E-state index in [2.05, 4.69) is 25.9 Å². The van der Waals surface area contributed by atoms with Crippen molar-refractivity contribution in [1.82, 2.24) is 19.9 Å². The number of nitrogens with zero attached hydrogens (tertiary/aromatic N) is 3. The van der Waals surface area contributed by atoms with Gasteiger partial charge in [-0.25, -0.2) is 9.97 Å². The summed E-state index contributed by atoms with van der Waals surface area (Å²) in [5, 5.41) is 0.873. The third kappa shape index (κ3) is 3.17. The molecule has 1 saturated heterocycles. The zero-order valence-electron chi connectivity index (χ0n) is 13.2. The molecular weight excluding hydrogens is 306 g/mol. The number of nitrogen functional groups attached to an aromatic ring is 1. The molecule has 1 aromatic carbocycles. The summed E-state index contributed by atoms with van der Waals surface area (Å²) >= 11 is 0. The summed E-state index contributed by atoms with van der Waals surface area (Å²) in [6.07, 6.45) is 1.50. The first-order valence-electron chi connectivity index (χ1n) is 7.94. The van der Waals surface area contributed by atoms with E-state index in [9.17, 15) is 0 Å². The largest absolute Gasteiger partial charge is 0.438 e. The van der Waals surface area contributed by atoms with Crippen LogP contribution in [0.25, 0.3) is 11.0 Å². The molecule has 4 rings (SSSR count). The van der Waals surface area contributed by atoms with Crippen LogP contribution >= 0.6 is 0 Å².